The summed E-state index contributed by atoms with van der Waals surface area (Å²) >= 11 is 0. The molecule has 0 atom stereocenters. The van der Waals surface area contributed by atoms with Gasteiger partial charge in [-0.1, -0.05) is 13.8 Å². The van der Waals surface area contributed by atoms with Crippen molar-refractivity contribution in [1.29, 1.82) is 0 Å². The lowest BCUT2D eigenvalue weighted by molar-refractivity contribution is 0.821. The van der Waals surface area contributed by atoms with Crippen LogP contribution in [-0.2, 0) is 0 Å². The molecule has 0 aliphatic rings. The molecule has 2 heterocycles. The van der Waals surface area contributed by atoms with E-state index in [1.807, 2.05) is 12.3 Å². The first-order valence-electron chi connectivity index (χ1n) is 5.95. The zero-order valence-electron chi connectivity index (χ0n) is 10.7. The number of fused-ring (bicyclic) bond motifs is 1. The highest BCUT2D eigenvalue weighted by atomic mass is 15.0. The molecule has 0 radical (unpaired) electrons. The highest BCUT2D eigenvalue weighted by molar-refractivity contribution is 5.76. The van der Waals surface area contributed by atoms with Crippen molar-refractivity contribution in [1.82, 2.24) is 15.0 Å². The van der Waals surface area contributed by atoms with Crippen molar-refractivity contribution in [3.8, 4) is 0 Å². The van der Waals surface area contributed by atoms with Gasteiger partial charge in [0.05, 0.1) is 17.4 Å². The molecule has 0 saturated carbocycles. The average molecular weight is 230 g/mol. The van der Waals surface area contributed by atoms with E-state index in [-0.39, 0.29) is 0 Å². The number of aromatic nitrogens is 3. The van der Waals surface area contributed by atoms with Crippen LogP contribution in [0.5, 0.6) is 0 Å². The number of nitrogens with one attached hydrogen (secondary N) is 1. The first-order chi connectivity index (χ1) is 8.06. The molecule has 0 unspecified atom stereocenters. The van der Waals surface area contributed by atoms with Gasteiger partial charge in [0.2, 0.25) is 0 Å². The Labute approximate surface area is 102 Å². The lowest BCUT2D eigenvalue weighted by atomic mass is 10.1. The second-order valence-electron chi connectivity index (χ2n) is 4.81. The Kier molecular flexibility index (Phi) is 3.22. The zero-order valence-corrected chi connectivity index (χ0v) is 10.7. The number of nitrogens with zero attached hydrogens (tertiary/aromatic N) is 3. The Balaban J connectivity index is 2.39. The van der Waals surface area contributed by atoms with E-state index in [1.165, 1.54) is 0 Å². The quantitative estimate of drug-likeness (QED) is 0.880. The Morgan fingerprint density at radius 1 is 1.00 bits per heavy atom. The molecule has 17 heavy (non-hydrogen) atoms. The summed E-state index contributed by atoms with van der Waals surface area (Å²) in [6.45, 7) is 8.38. The van der Waals surface area contributed by atoms with Crippen molar-refractivity contribution in [2.24, 2.45) is 0 Å². The van der Waals surface area contributed by atoms with Crippen LogP contribution < -0.4 is 5.32 Å². The maximum atomic E-state index is 4.54. The molecule has 0 aliphatic heterocycles. The van der Waals surface area contributed by atoms with Gasteiger partial charge in [-0.3, -0.25) is 4.98 Å². The van der Waals surface area contributed by atoms with Gasteiger partial charge >= 0.3 is 0 Å². The molecule has 2 aromatic rings. The van der Waals surface area contributed by atoms with Crippen LogP contribution in [0.25, 0.3) is 11.0 Å². The van der Waals surface area contributed by atoms with Crippen molar-refractivity contribution >= 4 is 16.9 Å². The van der Waals surface area contributed by atoms with Crippen molar-refractivity contribution in [2.75, 3.05) is 5.32 Å². The first kappa shape index (κ1) is 11.8. The summed E-state index contributed by atoms with van der Waals surface area (Å²) in [6, 6.07) is 2.30. The Morgan fingerprint density at radius 3 is 2.41 bits per heavy atom. The van der Waals surface area contributed by atoms with Crippen molar-refractivity contribution in [3.05, 3.63) is 24.2 Å². The minimum Gasteiger partial charge on any atom is -0.368 e. The van der Waals surface area contributed by atoms with Crippen LogP contribution in [0.3, 0.4) is 0 Å². The second kappa shape index (κ2) is 4.65. The van der Waals surface area contributed by atoms with Crippen molar-refractivity contribution in [3.63, 3.8) is 0 Å². The van der Waals surface area contributed by atoms with Gasteiger partial charge in [-0.2, -0.15) is 0 Å². The minimum atomic E-state index is 0.364. The van der Waals surface area contributed by atoms with E-state index in [2.05, 4.69) is 48.0 Å². The normalized spacial score (nSPS) is 11.4. The molecule has 2 rings (SSSR count). The Hall–Kier alpha value is -1.71. The highest BCUT2D eigenvalue weighted by Crippen LogP contribution is 2.17. The predicted molar refractivity (Wildman–Crippen MR) is 70.2 cm³/mol. The molecule has 0 bridgehead atoms. The largest absolute Gasteiger partial charge is 0.368 e. The third-order valence-electron chi connectivity index (χ3n) is 2.48. The highest BCUT2D eigenvalue weighted by Gasteiger charge is 2.05. The van der Waals surface area contributed by atoms with Gasteiger partial charge in [-0.05, 0) is 19.8 Å². The summed E-state index contributed by atoms with van der Waals surface area (Å²) in [7, 11) is 0. The van der Waals surface area contributed by atoms with E-state index in [0.717, 1.165) is 22.5 Å². The van der Waals surface area contributed by atoms with Crippen LogP contribution in [0.15, 0.2) is 18.5 Å². The molecule has 0 amide bonds. The minimum absolute atomic E-state index is 0.364. The molecule has 0 fully saturated rings. The van der Waals surface area contributed by atoms with Crippen LogP contribution in [0.4, 0.5) is 5.82 Å². The molecule has 90 valence electrons. The van der Waals surface area contributed by atoms with E-state index < -0.39 is 0 Å². The summed E-state index contributed by atoms with van der Waals surface area (Å²) in [5.74, 6) is 1.24. The fraction of sp³-hybridized carbons (Fsp3) is 0.462. The second-order valence-corrected chi connectivity index (χ2v) is 4.81. The summed E-state index contributed by atoms with van der Waals surface area (Å²) in [4.78, 5) is 13.3. The number of hydrogen-bond acceptors (Lipinski definition) is 4. The maximum absolute atomic E-state index is 4.54. The van der Waals surface area contributed by atoms with Crippen molar-refractivity contribution < 1.29 is 0 Å². The molecule has 0 aromatic carbocycles. The van der Waals surface area contributed by atoms with Crippen LogP contribution in [0.1, 0.15) is 39.3 Å². The number of anilines is 1. The molecule has 4 nitrogen and oxygen atoms in total. The van der Waals surface area contributed by atoms with E-state index >= 15 is 0 Å². The zero-order chi connectivity index (χ0) is 12.4. The first-order valence-corrected chi connectivity index (χ1v) is 5.95. The van der Waals surface area contributed by atoms with Gasteiger partial charge in [-0.25, -0.2) is 9.97 Å². The lowest BCUT2D eigenvalue weighted by Crippen LogP contribution is -2.11. The molecule has 0 aliphatic carbocycles. The fourth-order valence-corrected chi connectivity index (χ4v) is 1.58. The third kappa shape index (κ3) is 2.70. The van der Waals surface area contributed by atoms with Crippen LogP contribution in [-0.4, -0.2) is 21.0 Å². The fourth-order valence-electron chi connectivity index (χ4n) is 1.58. The van der Waals surface area contributed by atoms with E-state index in [4.69, 9.17) is 0 Å². The molecular formula is C13H18N4. The van der Waals surface area contributed by atoms with Gasteiger partial charge in [0.1, 0.15) is 11.3 Å². The number of hydrogen-bond donors (Lipinski definition) is 1. The lowest BCUT2D eigenvalue weighted by Gasteiger charge is -2.10. The third-order valence-corrected chi connectivity index (χ3v) is 2.48. The summed E-state index contributed by atoms with van der Waals surface area (Å²) in [5.41, 5.74) is 2.74. The van der Waals surface area contributed by atoms with Gasteiger partial charge in [0.25, 0.3) is 0 Å². The smallest absolute Gasteiger partial charge is 0.128 e. The standard InChI is InChI=1S/C13H18N4/c1-8(2)11-6-14-10-5-13(16-9(3)4)15-7-12(10)17-11/h5-9H,1-4H3,(H,15,16). The van der Waals surface area contributed by atoms with Gasteiger partial charge in [0, 0.05) is 18.3 Å². The van der Waals surface area contributed by atoms with Crippen LogP contribution in [0.2, 0.25) is 0 Å². The van der Waals surface area contributed by atoms with Gasteiger partial charge in [0.15, 0.2) is 0 Å². The molecule has 0 spiro atoms. The Bertz CT molecular complexity index is 520. The van der Waals surface area contributed by atoms with Gasteiger partial charge < -0.3 is 5.32 Å². The number of pyridine rings is 1. The molecule has 0 saturated heterocycles. The van der Waals surface area contributed by atoms with Crippen LogP contribution in [0, 0.1) is 0 Å². The Morgan fingerprint density at radius 2 is 1.76 bits per heavy atom. The average Bonchev–Trinajstić information content (AvgIpc) is 2.27. The SMILES string of the molecule is CC(C)Nc1cc2ncc(C(C)C)nc2cn1. The van der Waals surface area contributed by atoms with E-state index in [1.54, 1.807) is 6.20 Å². The molecular weight excluding hydrogens is 212 g/mol. The molecule has 4 heteroatoms. The number of rotatable bonds is 3. The summed E-state index contributed by atoms with van der Waals surface area (Å²) in [6.07, 6.45) is 3.62. The monoisotopic (exact) mass is 230 g/mol. The molecule has 1 N–H and O–H groups in total. The van der Waals surface area contributed by atoms with E-state index in [0.29, 0.717) is 12.0 Å². The maximum Gasteiger partial charge on any atom is 0.128 e. The van der Waals surface area contributed by atoms with Crippen LogP contribution >= 0.6 is 0 Å². The van der Waals surface area contributed by atoms with Gasteiger partial charge in [-0.15, -0.1) is 0 Å². The summed E-state index contributed by atoms with van der Waals surface area (Å²) < 4.78 is 0. The van der Waals surface area contributed by atoms with Crippen molar-refractivity contribution in [2.45, 2.75) is 39.7 Å². The molecule has 2 aromatic heterocycles. The topological polar surface area (TPSA) is 50.7 Å². The summed E-state index contributed by atoms with van der Waals surface area (Å²) in [5, 5.41) is 3.26. The van der Waals surface area contributed by atoms with E-state index in [9.17, 15) is 0 Å². The predicted octanol–water partition coefficient (Wildman–Crippen LogP) is 2.97.